The summed E-state index contributed by atoms with van der Waals surface area (Å²) in [5.74, 6) is -0.684. The van der Waals surface area contributed by atoms with Crippen molar-refractivity contribution < 1.29 is 19.0 Å². The molecule has 2 aromatic carbocycles. The number of carbonyl (C=O) groups is 1. The third-order valence-electron chi connectivity index (χ3n) is 5.54. The van der Waals surface area contributed by atoms with Gasteiger partial charge >= 0.3 is 0 Å². The molecule has 1 aliphatic rings. The molecule has 0 spiro atoms. The summed E-state index contributed by atoms with van der Waals surface area (Å²) in [5, 5.41) is 9.93. The highest BCUT2D eigenvalue weighted by Gasteiger charge is 2.51. The van der Waals surface area contributed by atoms with Crippen LogP contribution in [0, 0.1) is 11.7 Å². The maximum atomic E-state index is 14.7. The average molecular weight is 386 g/mol. The number of thiocarbonyl (C=S) groups is 1. The molecule has 142 valence electrons. The van der Waals surface area contributed by atoms with E-state index in [0.29, 0.717) is 29.0 Å². The Balaban J connectivity index is 1.90. The van der Waals surface area contributed by atoms with Crippen molar-refractivity contribution in [1.29, 1.82) is 0 Å². The van der Waals surface area contributed by atoms with Crippen molar-refractivity contribution in [3.8, 4) is 0 Å². The largest absolute Gasteiger partial charge is 0.396 e. The highest BCUT2D eigenvalue weighted by molar-refractivity contribution is 7.80. The van der Waals surface area contributed by atoms with Gasteiger partial charge in [0.1, 0.15) is 5.82 Å². The van der Waals surface area contributed by atoms with Crippen LogP contribution in [0.5, 0.6) is 0 Å². The molecule has 27 heavy (non-hydrogen) atoms. The van der Waals surface area contributed by atoms with E-state index in [1.807, 2.05) is 25.1 Å². The first-order valence-corrected chi connectivity index (χ1v) is 9.47. The van der Waals surface area contributed by atoms with Gasteiger partial charge in [-0.15, -0.1) is 0 Å². The van der Waals surface area contributed by atoms with Crippen LogP contribution in [0.15, 0.2) is 54.6 Å². The van der Waals surface area contributed by atoms with E-state index >= 15 is 0 Å². The van der Waals surface area contributed by atoms with Crippen LogP contribution < -0.4 is 0 Å². The van der Waals surface area contributed by atoms with Gasteiger partial charge in [-0.2, -0.15) is 0 Å². The van der Waals surface area contributed by atoms with Crippen molar-refractivity contribution >= 4 is 22.9 Å². The Morgan fingerprint density at radius 2 is 1.89 bits per heavy atom. The molecule has 0 amide bonds. The van der Waals surface area contributed by atoms with E-state index in [4.69, 9.17) is 17.0 Å². The molecular formula is C22H23FO3S. The van der Waals surface area contributed by atoms with Gasteiger partial charge in [-0.3, -0.25) is 4.79 Å². The summed E-state index contributed by atoms with van der Waals surface area (Å²) in [6.07, 6.45) is 0.102. The molecule has 3 atom stereocenters. The lowest BCUT2D eigenvalue weighted by atomic mass is 9.65. The Labute approximate surface area is 164 Å². The Bertz CT molecular complexity index is 823. The monoisotopic (exact) mass is 386 g/mol. The minimum atomic E-state index is -0.784. The first kappa shape index (κ1) is 19.8. The molecule has 0 aromatic heterocycles. The van der Waals surface area contributed by atoms with Crippen molar-refractivity contribution in [2.45, 2.75) is 31.3 Å². The van der Waals surface area contributed by atoms with Crippen LogP contribution >= 0.6 is 12.2 Å². The number of hydrogen-bond acceptors (Lipinski definition) is 4. The Morgan fingerprint density at radius 3 is 2.56 bits per heavy atom. The lowest BCUT2D eigenvalue weighted by Gasteiger charge is -2.38. The molecule has 1 N–H and O–H groups in total. The maximum absolute atomic E-state index is 14.7. The van der Waals surface area contributed by atoms with Crippen LogP contribution in [-0.4, -0.2) is 35.1 Å². The molecule has 1 saturated heterocycles. The minimum Gasteiger partial charge on any atom is -0.396 e. The number of ketones is 1. The Kier molecular flexibility index (Phi) is 6.15. The predicted molar refractivity (Wildman–Crippen MR) is 107 cm³/mol. The molecule has 5 heteroatoms. The molecule has 3 nitrogen and oxygen atoms in total. The van der Waals surface area contributed by atoms with Crippen LogP contribution in [0.25, 0.3) is 0 Å². The van der Waals surface area contributed by atoms with Crippen molar-refractivity contribution in [2.24, 2.45) is 5.92 Å². The van der Waals surface area contributed by atoms with Crippen LogP contribution in [0.4, 0.5) is 4.39 Å². The zero-order valence-electron chi connectivity index (χ0n) is 15.2. The number of aliphatic hydroxyl groups is 1. The number of halogens is 1. The summed E-state index contributed by atoms with van der Waals surface area (Å²) in [7, 11) is 0. The molecule has 1 aliphatic heterocycles. The molecule has 1 heterocycles. The molecule has 1 fully saturated rings. The number of benzene rings is 2. The zero-order valence-corrected chi connectivity index (χ0v) is 16.0. The fraction of sp³-hybridized carbons (Fsp3) is 0.364. The van der Waals surface area contributed by atoms with Crippen molar-refractivity contribution in [1.82, 2.24) is 0 Å². The lowest BCUT2D eigenvalue weighted by Crippen LogP contribution is -2.43. The van der Waals surface area contributed by atoms with Gasteiger partial charge in [0.2, 0.25) is 0 Å². The van der Waals surface area contributed by atoms with Crippen molar-refractivity contribution in [3.63, 3.8) is 0 Å². The summed E-state index contributed by atoms with van der Waals surface area (Å²) in [6.45, 7) is 2.08. The smallest absolute Gasteiger partial charge is 0.167 e. The van der Waals surface area contributed by atoms with E-state index in [0.717, 1.165) is 0 Å². The van der Waals surface area contributed by atoms with E-state index in [-0.39, 0.29) is 36.7 Å². The first-order chi connectivity index (χ1) is 13.0. The standard InChI is InChI=1S/C22H23FO3S/c1-15-22(17(13-24)14-26-15,19-9-5-6-10-20(19)23)12-18(27)11-21(25)16-7-3-2-4-8-16/h2-10,15,17,24H,11-14H2,1H3/t15-,17-,22-/m1/s1. The van der Waals surface area contributed by atoms with Gasteiger partial charge in [-0.25, -0.2) is 4.39 Å². The third kappa shape index (κ3) is 3.86. The average Bonchev–Trinajstić information content (AvgIpc) is 2.98. The van der Waals surface area contributed by atoms with Gasteiger partial charge in [-0.1, -0.05) is 60.7 Å². The van der Waals surface area contributed by atoms with Crippen LogP contribution in [0.3, 0.4) is 0 Å². The van der Waals surface area contributed by atoms with Gasteiger partial charge in [0.25, 0.3) is 0 Å². The SMILES string of the molecule is C[C@H]1OC[C@@H](CO)[C@]1(CC(=S)CC(=O)c1ccccc1)c1ccccc1F. The molecule has 0 radical (unpaired) electrons. The zero-order chi connectivity index (χ0) is 19.4. The molecule has 0 aliphatic carbocycles. The number of aliphatic hydroxyl groups excluding tert-OH is 1. The van der Waals surface area contributed by atoms with E-state index in [9.17, 15) is 14.3 Å². The Morgan fingerprint density at radius 1 is 1.22 bits per heavy atom. The van der Waals surface area contributed by atoms with E-state index < -0.39 is 5.41 Å². The lowest BCUT2D eigenvalue weighted by molar-refractivity contribution is 0.0935. The van der Waals surface area contributed by atoms with E-state index in [1.165, 1.54) is 6.07 Å². The van der Waals surface area contributed by atoms with Crippen molar-refractivity contribution in [3.05, 3.63) is 71.5 Å². The number of rotatable bonds is 7. The molecule has 0 unspecified atom stereocenters. The number of Topliss-reactive ketones (excluding diaryl/α,β-unsaturated/α-hetero) is 1. The molecule has 3 rings (SSSR count). The second-order valence-corrected chi connectivity index (χ2v) is 7.63. The Hall–Kier alpha value is -1.95. The number of hydrogen-bond donors (Lipinski definition) is 1. The molecule has 0 saturated carbocycles. The summed E-state index contributed by atoms with van der Waals surface area (Å²) >= 11 is 5.56. The van der Waals surface area contributed by atoms with Crippen molar-refractivity contribution in [2.75, 3.05) is 13.2 Å². The fourth-order valence-corrected chi connectivity index (χ4v) is 4.43. The van der Waals surface area contributed by atoms with Gasteiger partial charge in [0.15, 0.2) is 5.78 Å². The number of carbonyl (C=O) groups excluding carboxylic acids is 1. The topological polar surface area (TPSA) is 46.5 Å². The second kappa shape index (κ2) is 8.38. The van der Waals surface area contributed by atoms with E-state index in [1.54, 1.807) is 30.3 Å². The first-order valence-electron chi connectivity index (χ1n) is 9.06. The summed E-state index contributed by atoms with van der Waals surface area (Å²) in [4.78, 5) is 13.1. The van der Waals surface area contributed by atoms with E-state index in [2.05, 4.69) is 0 Å². The normalized spacial score (nSPS) is 24.7. The van der Waals surface area contributed by atoms with Gasteiger partial charge in [0, 0.05) is 34.8 Å². The van der Waals surface area contributed by atoms with Crippen LogP contribution in [0.1, 0.15) is 35.7 Å². The maximum Gasteiger partial charge on any atom is 0.167 e. The predicted octanol–water partition coefficient (Wildman–Crippen LogP) is 4.12. The second-order valence-electron chi connectivity index (χ2n) is 7.06. The minimum absolute atomic E-state index is 0.0589. The molecule has 0 bridgehead atoms. The summed E-state index contributed by atoms with van der Waals surface area (Å²) in [6, 6.07) is 15.5. The van der Waals surface area contributed by atoms with Crippen LogP contribution in [-0.2, 0) is 10.2 Å². The van der Waals surface area contributed by atoms with Gasteiger partial charge in [0.05, 0.1) is 12.7 Å². The fourth-order valence-electron chi connectivity index (χ4n) is 4.06. The third-order valence-corrected chi connectivity index (χ3v) is 5.83. The highest BCUT2D eigenvalue weighted by Crippen LogP contribution is 2.47. The summed E-state index contributed by atoms with van der Waals surface area (Å²) < 4.78 is 20.5. The van der Waals surface area contributed by atoms with Crippen LogP contribution in [0.2, 0.25) is 0 Å². The number of ether oxygens (including phenoxy) is 1. The molecular weight excluding hydrogens is 363 g/mol. The van der Waals surface area contributed by atoms with Gasteiger partial charge < -0.3 is 9.84 Å². The quantitative estimate of drug-likeness (QED) is 0.574. The molecule has 2 aromatic rings. The highest BCUT2D eigenvalue weighted by atomic mass is 32.1. The van der Waals surface area contributed by atoms with Gasteiger partial charge in [-0.05, 0) is 25.0 Å². The summed E-state index contributed by atoms with van der Waals surface area (Å²) in [5.41, 5.74) is 0.312.